The predicted molar refractivity (Wildman–Crippen MR) is 65.7 cm³/mol. The molecule has 2 atom stereocenters. The summed E-state index contributed by atoms with van der Waals surface area (Å²) in [5, 5.41) is 4.26. The highest BCUT2D eigenvalue weighted by atomic mass is 16.6. The first kappa shape index (κ1) is 11.0. The molecule has 3 heteroatoms. The number of ketones is 1. The number of Topliss-reactive ketones (excluding diaryl/α,β-unsaturated/α-hetero) is 1. The number of allylic oxidation sites excluding steroid dienone is 1. The van der Waals surface area contributed by atoms with Crippen LogP contribution < -0.4 is 0 Å². The lowest BCUT2D eigenvalue weighted by Gasteiger charge is -2.20. The zero-order valence-electron chi connectivity index (χ0n) is 10.5. The third-order valence-corrected chi connectivity index (χ3v) is 4.00. The predicted octanol–water partition coefficient (Wildman–Crippen LogP) is 2.71. The van der Waals surface area contributed by atoms with Gasteiger partial charge in [-0.1, -0.05) is 25.1 Å². The summed E-state index contributed by atoms with van der Waals surface area (Å²) in [6.45, 7) is 4.26. The molecule has 1 aliphatic heterocycles. The van der Waals surface area contributed by atoms with Crippen LogP contribution in [0.15, 0.2) is 16.8 Å². The van der Waals surface area contributed by atoms with Crippen LogP contribution in [0.5, 0.6) is 0 Å². The molecule has 2 unspecified atom stereocenters. The Morgan fingerprint density at radius 3 is 2.71 bits per heavy atom. The molecule has 17 heavy (non-hydrogen) atoms. The van der Waals surface area contributed by atoms with E-state index in [9.17, 15) is 4.79 Å². The smallest absolute Gasteiger partial charge is 0.159 e. The SMILES string of the molecule is CC(C)C1=NOC(C2CC2)C1C1=CCCC1=O. The first-order valence-electron chi connectivity index (χ1n) is 6.65. The monoisotopic (exact) mass is 233 g/mol. The van der Waals surface area contributed by atoms with Gasteiger partial charge in [0, 0.05) is 12.0 Å². The van der Waals surface area contributed by atoms with Gasteiger partial charge in [-0.2, -0.15) is 0 Å². The fraction of sp³-hybridized carbons (Fsp3) is 0.714. The summed E-state index contributed by atoms with van der Waals surface area (Å²) in [6, 6.07) is 0. The topological polar surface area (TPSA) is 38.7 Å². The lowest BCUT2D eigenvalue weighted by molar-refractivity contribution is -0.115. The van der Waals surface area contributed by atoms with Crippen LogP contribution in [0.4, 0.5) is 0 Å². The number of oxime groups is 1. The van der Waals surface area contributed by atoms with Crippen molar-refractivity contribution in [3.05, 3.63) is 11.6 Å². The van der Waals surface area contributed by atoms with Crippen LogP contribution in [0.25, 0.3) is 0 Å². The van der Waals surface area contributed by atoms with Gasteiger partial charge in [-0.05, 0) is 31.1 Å². The highest BCUT2D eigenvalue weighted by Crippen LogP contribution is 2.45. The van der Waals surface area contributed by atoms with Gasteiger partial charge < -0.3 is 4.84 Å². The summed E-state index contributed by atoms with van der Waals surface area (Å²) in [7, 11) is 0. The number of nitrogens with zero attached hydrogens (tertiary/aromatic N) is 1. The minimum absolute atomic E-state index is 0.140. The number of carbonyl (C=O) groups is 1. The molecular formula is C14H19NO2. The van der Waals surface area contributed by atoms with E-state index in [2.05, 4.69) is 25.1 Å². The summed E-state index contributed by atoms with van der Waals surface area (Å²) < 4.78 is 0. The maximum atomic E-state index is 11.9. The average Bonchev–Trinajstić information content (AvgIpc) is 2.89. The van der Waals surface area contributed by atoms with Crippen LogP contribution in [0.1, 0.15) is 39.5 Å². The molecule has 1 saturated carbocycles. The van der Waals surface area contributed by atoms with Gasteiger partial charge in [0.2, 0.25) is 0 Å². The third kappa shape index (κ3) is 1.81. The molecule has 3 aliphatic rings. The van der Waals surface area contributed by atoms with Crippen molar-refractivity contribution >= 4 is 11.5 Å². The number of rotatable bonds is 3. The van der Waals surface area contributed by atoms with E-state index in [0.29, 0.717) is 24.0 Å². The van der Waals surface area contributed by atoms with Crippen molar-refractivity contribution in [2.24, 2.45) is 22.9 Å². The zero-order valence-corrected chi connectivity index (χ0v) is 10.5. The van der Waals surface area contributed by atoms with E-state index in [1.165, 1.54) is 12.8 Å². The second kappa shape index (κ2) is 3.97. The summed E-state index contributed by atoms with van der Waals surface area (Å²) >= 11 is 0. The van der Waals surface area contributed by atoms with E-state index in [1.54, 1.807) is 0 Å². The Kier molecular flexibility index (Phi) is 2.57. The quantitative estimate of drug-likeness (QED) is 0.751. The molecular weight excluding hydrogens is 214 g/mol. The van der Waals surface area contributed by atoms with Gasteiger partial charge in [0.05, 0.1) is 11.6 Å². The molecule has 0 spiro atoms. The molecule has 0 aromatic heterocycles. The van der Waals surface area contributed by atoms with Crippen LogP contribution in [-0.2, 0) is 9.63 Å². The summed E-state index contributed by atoms with van der Waals surface area (Å²) in [5.41, 5.74) is 2.05. The van der Waals surface area contributed by atoms with Crippen molar-refractivity contribution in [2.75, 3.05) is 0 Å². The van der Waals surface area contributed by atoms with Crippen molar-refractivity contribution in [3.8, 4) is 0 Å². The van der Waals surface area contributed by atoms with Crippen LogP contribution in [0.2, 0.25) is 0 Å². The highest BCUT2D eigenvalue weighted by molar-refractivity contribution is 6.06. The lowest BCUT2D eigenvalue weighted by Crippen LogP contribution is -2.31. The number of hydrogen-bond donors (Lipinski definition) is 0. The largest absolute Gasteiger partial charge is 0.391 e. The highest BCUT2D eigenvalue weighted by Gasteiger charge is 2.48. The van der Waals surface area contributed by atoms with E-state index < -0.39 is 0 Å². The minimum atomic E-state index is 0.140. The molecule has 1 heterocycles. The summed E-state index contributed by atoms with van der Waals surface area (Å²) in [6.07, 6.45) is 6.27. The molecule has 2 aliphatic carbocycles. The van der Waals surface area contributed by atoms with Crippen molar-refractivity contribution in [3.63, 3.8) is 0 Å². The average molecular weight is 233 g/mol. The Morgan fingerprint density at radius 1 is 1.41 bits per heavy atom. The van der Waals surface area contributed by atoms with Gasteiger partial charge in [0.15, 0.2) is 5.78 Å². The Hall–Kier alpha value is -1.12. The molecule has 0 aromatic rings. The van der Waals surface area contributed by atoms with Crippen LogP contribution in [0, 0.1) is 17.8 Å². The Morgan fingerprint density at radius 2 is 2.18 bits per heavy atom. The van der Waals surface area contributed by atoms with Crippen LogP contribution in [0.3, 0.4) is 0 Å². The molecule has 0 bridgehead atoms. The maximum absolute atomic E-state index is 11.9. The van der Waals surface area contributed by atoms with Crippen LogP contribution >= 0.6 is 0 Å². The van der Waals surface area contributed by atoms with E-state index in [1.807, 2.05) is 0 Å². The van der Waals surface area contributed by atoms with Crippen LogP contribution in [-0.4, -0.2) is 17.6 Å². The molecule has 3 nitrogen and oxygen atoms in total. The van der Waals surface area contributed by atoms with Gasteiger partial charge in [-0.15, -0.1) is 0 Å². The molecule has 0 aromatic carbocycles. The Balaban J connectivity index is 1.90. The zero-order chi connectivity index (χ0) is 12.0. The van der Waals surface area contributed by atoms with E-state index in [4.69, 9.17) is 4.84 Å². The lowest BCUT2D eigenvalue weighted by atomic mass is 9.82. The summed E-state index contributed by atoms with van der Waals surface area (Å²) in [4.78, 5) is 17.6. The van der Waals surface area contributed by atoms with E-state index in [0.717, 1.165) is 17.7 Å². The van der Waals surface area contributed by atoms with E-state index in [-0.39, 0.29) is 12.0 Å². The van der Waals surface area contributed by atoms with Gasteiger partial charge >= 0.3 is 0 Å². The van der Waals surface area contributed by atoms with Gasteiger partial charge in [0.1, 0.15) is 6.10 Å². The van der Waals surface area contributed by atoms with Crippen molar-refractivity contribution in [2.45, 2.75) is 45.6 Å². The van der Waals surface area contributed by atoms with Gasteiger partial charge in [-0.3, -0.25) is 4.79 Å². The molecule has 0 radical (unpaired) electrons. The van der Waals surface area contributed by atoms with Gasteiger partial charge in [-0.25, -0.2) is 0 Å². The molecule has 3 rings (SSSR count). The molecule has 0 N–H and O–H groups in total. The molecule has 92 valence electrons. The third-order valence-electron chi connectivity index (χ3n) is 4.00. The van der Waals surface area contributed by atoms with Crippen molar-refractivity contribution < 1.29 is 9.63 Å². The van der Waals surface area contributed by atoms with E-state index >= 15 is 0 Å². The maximum Gasteiger partial charge on any atom is 0.159 e. The summed E-state index contributed by atoms with van der Waals surface area (Å²) in [5.74, 6) is 1.43. The normalized spacial score (nSPS) is 32.8. The second-order valence-corrected chi connectivity index (χ2v) is 5.68. The first-order valence-corrected chi connectivity index (χ1v) is 6.65. The minimum Gasteiger partial charge on any atom is -0.391 e. The first-order chi connectivity index (χ1) is 8.18. The molecule has 0 saturated heterocycles. The number of carbonyl (C=O) groups excluding carboxylic acids is 1. The molecule has 0 amide bonds. The molecule has 1 fully saturated rings. The van der Waals surface area contributed by atoms with Gasteiger partial charge in [0.25, 0.3) is 0 Å². The standard InChI is InChI=1S/C14H19NO2/c1-8(2)13-12(10-4-3-5-11(10)16)14(17-15-13)9-6-7-9/h4,8-9,12,14H,3,5-7H2,1-2H3. The Labute approximate surface area is 102 Å². The fourth-order valence-corrected chi connectivity index (χ4v) is 2.91. The van der Waals surface area contributed by atoms with Crippen molar-refractivity contribution in [1.29, 1.82) is 0 Å². The Bertz CT molecular complexity index is 404. The fourth-order valence-electron chi connectivity index (χ4n) is 2.91. The second-order valence-electron chi connectivity index (χ2n) is 5.68. The van der Waals surface area contributed by atoms with Crippen molar-refractivity contribution in [1.82, 2.24) is 0 Å². The number of hydrogen-bond acceptors (Lipinski definition) is 3.